The van der Waals surface area contributed by atoms with Gasteiger partial charge in [-0.3, -0.25) is 14.4 Å². The minimum atomic E-state index is -0.0956. The summed E-state index contributed by atoms with van der Waals surface area (Å²) in [6, 6.07) is 6.56. The second-order valence-electron chi connectivity index (χ2n) is 7.28. The highest BCUT2D eigenvalue weighted by Crippen LogP contribution is 2.27. The van der Waals surface area contributed by atoms with Crippen molar-refractivity contribution < 1.29 is 4.79 Å². The Morgan fingerprint density at radius 1 is 1.27 bits per heavy atom. The van der Waals surface area contributed by atoms with Gasteiger partial charge in [0.25, 0.3) is 0 Å². The number of carbonyl (C=O) groups is 1. The highest BCUT2D eigenvalue weighted by molar-refractivity contribution is 7.10. The Labute approximate surface area is 160 Å². The van der Waals surface area contributed by atoms with Gasteiger partial charge in [-0.2, -0.15) is 5.10 Å². The predicted octanol–water partition coefficient (Wildman–Crippen LogP) is 3.62. The van der Waals surface area contributed by atoms with Crippen molar-refractivity contribution in [3.63, 3.8) is 0 Å². The molecule has 1 aliphatic rings. The van der Waals surface area contributed by atoms with Crippen LogP contribution in [0.4, 0.5) is 0 Å². The van der Waals surface area contributed by atoms with E-state index in [0.29, 0.717) is 13.1 Å². The number of hydrogen-bond donors (Lipinski definition) is 1. The van der Waals surface area contributed by atoms with Crippen LogP contribution < -0.4 is 5.32 Å². The molecule has 26 heavy (non-hydrogen) atoms. The van der Waals surface area contributed by atoms with E-state index in [9.17, 15) is 4.79 Å². The maximum absolute atomic E-state index is 12.6. The van der Waals surface area contributed by atoms with Gasteiger partial charge in [0.2, 0.25) is 5.91 Å². The molecule has 5 nitrogen and oxygen atoms in total. The van der Waals surface area contributed by atoms with Gasteiger partial charge in [-0.1, -0.05) is 25.8 Å². The Morgan fingerprint density at radius 2 is 2.04 bits per heavy atom. The molecule has 1 amide bonds. The van der Waals surface area contributed by atoms with Crippen LogP contribution in [-0.2, 0) is 11.3 Å². The molecule has 0 aromatic carbocycles. The summed E-state index contributed by atoms with van der Waals surface area (Å²) in [5.74, 6) is 0.0120. The third kappa shape index (κ3) is 4.95. The molecule has 1 aliphatic heterocycles. The molecule has 0 aliphatic carbocycles. The Balaban J connectivity index is 1.59. The van der Waals surface area contributed by atoms with Crippen LogP contribution in [0, 0.1) is 12.8 Å². The third-order valence-corrected chi connectivity index (χ3v) is 6.22. The van der Waals surface area contributed by atoms with Crippen LogP contribution in [0.2, 0.25) is 0 Å². The lowest BCUT2D eigenvalue weighted by atomic mass is 10.1. The van der Waals surface area contributed by atoms with Gasteiger partial charge in [0.05, 0.1) is 18.5 Å². The Morgan fingerprint density at radius 3 is 2.65 bits per heavy atom. The van der Waals surface area contributed by atoms with Crippen molar-refractivity contribution >= 4 is 17.2 Å². The largest absolute Gasteiger partial charge is 0.354 e. The van der Waals surface area contributed by atoms with Crippen LogP contribution in [0.25, 0.3) is 0 Å². The maximum Gasteiger partial charge on any atom is 0.224 e. The third-order valence-electron chi connectivity index (χ3n) is 5.25. The van der Waals surface area contributed by atoms with Gasteiger partial charge in [-0.15, -0.1) is 11.3 Å². The average Bonchev–Trinajstić information content (AvgIpc) is 3.22. The van der Waals surface area contributed by atoms with Crippen molar-refractivity contribution in [3.8, 4) is 0 Å². The highest BCUT2D eigenvalue weighted by Gasteiger charge is 2.24. The van der Waals surface area contributed by atoms with Crippen LogP contribution >= 0.6 is 11.3 Å². The lowest BCUT2D eigenvalue weighted by molar-refractivity contribution is -0.125. The van der Waals surface area contributed by atoms with E-state index in [4.69, 9.17) is 0 Å². The van der Waals surface area contributed by atoms with Gasteiger partial charge in [0, 0.05) is 23.3 Å². The number of carbonyl (C=O) groups excluding carboxylic acids is 1. The molecule has 1 N–H and O–H groups in total. The summed E-state index contributed by atoms with van der Waals surface area (Å²) in [5.41, 5.74) is 1.09. The number of nitrogens with one attached hydrogen (secondary N) is 1. The molecule has 0 spiro atoms. The van der Waals surface area contributed by atoms with E-state index >= 15 is 0 Å². The second-order valence-corrected chi connectivity index (χ2v) is 8.26. The average molecular weight is 375 g/mol. The number of amides is 1. The van der Waals surface area contributed by atoms with Crippen molar-refractivity contribution in [2.75, 3.05) is 19.6 Å². The lowest BCUT2D eigenvalue weighted by Crippen LogP contribution is -2.40. The quantitative estimate of drug-likeness (QED) is 0.805. The SMILES string of the molecule is Cc1ccnn1C[C@@H](C)C(=O)NC[C@@H](c1cccs1)N1CCCCCC1. The van der Waals surface area contributed by atoms with Crippen LogP contribution in [0.5, 0.6) is 0 Å². The van der Waals surface area contributed by atoms with Crippen molar-refractivity contribution in [2.45, 2.75) is 52.1 Å². The lowest BCUT2D eigenvalue weighted by Gasteiger charge is -2.30. The molecular weight excluding hydrogens is 344 g/mol. The summed E-state index contributed by atoms with van der Waals surface area (Å²) >= 11 is 1.79. The predicted molar refractivity (Wildman–Crippen MR) is 106 cm³/mol. The van der Waals surface area contributed by atoms with Crippen LogP contribution in [0.1, 0.15) is 49.2 Å². The summed E-state index contributed by atoms with van der Waals surface area (Å²) in [7, 11) is 0. The van der Waals surface area contributed by atoms with E-state index in [2.05, 4.69) is 32.8 Å². The fourth-order valence-corrected chi connectivity index (χ4v) is 4.46. The Kier molecular flexibility index (Phi) is 6.86. The van der Waals surface area contributed by atoms with Gasteiger partial charge in [0.1, 0.15) is 0 Å². The number of aromatic nitrogens is 2. The molecule has 3 rings (SSSR count). The van der Waals surface area contributed by atoms with Gasteiger partial charge in [0.15, 0.2) is 0 Å². The highest BCUT2D eigenvalue weighted by atomic mass is 32.1. The zero-order chi connectivity index (χ0) is 18.4. The van der Waals surface area contributed by atoms with E-state index < -0.39 is 0 Å². The minimum Gasteiger partial charge on any atom is -0.354 e. The van der Waals surface area contributed by atoms with Crippen LogP contribution in [-0.4, -0.2) is 40.2 Å². The molecule has 2 aromatic rings. The fraction of sp³-hybridized carbons (Fsp3) is 0.600. The smallest absolute Gasteiger partial charge is 0.224 e. The summed E-state index contributed by atoms with van der Waals surface area (Å²) < 4.78 is 1.90. The van der Waals surface area contributed by atoms with E-state index in [1.165, 1.54) is 30.6 Å². The van der Waals surface area contributed by atoms with Gasteiger partial charge in [-0.25, -0.2) is 0 Å². The number of thiophene rings is 1. The number of nitrogens with zero attached hydrogens (tertiary/aromatic N) is 3. The van der Waals surface area contributed by atoms with E-state index in [1.54, 1.807) is 17.5 Å². The van der Waals surface area contributed by atoms with Crippen molar-refractivity contribution in [3.05, 3.63) is 40.3 Å². The summed E-state index contributed by atoms with van der Waals surface area (Å²) in [6.45, 7) is 7.55. The van der Waals surface area contributed by atoms with Crippen LogP contribution in [0.3, 0.4) is 0 Å². The summed E-state index contributed by atoms with van der Waals surface area (Å²) in [4.78, 5) is 16.5. The van der Waals surface area contributed by atoms with Crippen molar-refractivity contribution in [1.82, 2.24) is 20.0 Å². The molecule has 0 bridgehead atoms. The first-order valence-corrected chi connectivity index (χ1v) is 10.6. The molecule has 1 saturated heterocycles. The van der Waals surface area contributed by atoms with E-state index in [-0.39, 0.29) is 17.9 Å². The molecule has 0 radical (unpaired) electrons. The standard InChI is InChI=1S/C20H30N4OS/c1-16(15-24-17(2)9-10-22-24)20(25)21-14-18(19-8-7-13-26-19)23-11-5-3-4-6-12-23/h7-10,13,16,18H,3-6,11-12,14-15H2,1-2H3,(H,21,25)/t16-,18+/m1/s1. The number of likely N-dealkylation sites (tertiary alicyclic amines) is 1. The molecule has 2 atom stereocenters. The van der Waals surface area contributed by atoms with E-state index in [0.717, 1.165) is 18.8 Å². The minimum absolute atomic E-state index is 0.0956. The first-order valence-electron chi connectivity index (χ1n) is 9.68. The fourth-order valence-electron chi connectivity index (χ4n) is 3.60. The first-order chi connectivity index (χ1) is 12.6. The number of rotatable bonds is 7. The molecular formula is C20H30N4OS. The maximum atomic E-state index is 12.6. The monoisotopic (exact) mass is 374 g/mol. The first kappa shape index (κ1) is 19.1. The van der Waals surface area contributed by atoms with Gasteiger partial charge in [-0.05, 0) is 50.4 Å². The Hall–Kier alpha value is -1.66. The number of aryl methyl sites for hydroxylation is 1. The zero-order valence-corrected chi connectivity index (χ0v) is 16.7. The van der Waals surface area contributed by atoms with Crippen LogP contribution in [0.15, 0.2) is 29.8 Å². The van der Waals surface area contributed by atoms with Crippen molar-refractivity contribution in [2.24, 2.45) is 5.92 Å². The zero-order valence-electron chi connectivity index (χ0n) is 15.9. The molecule has 1 fully saturated rings. The van der Waals surface area contributed by atoms with Crippen molar-refractivity contribution in [1.29, 1.82) is 0 Å². The Bertz CT molecular complexity index is 674. The second kappa shape index (κ2) is 9.33. The topological polar surface area (TPSA) is 50.2 Å². The summed E-state index contributed by atoms with van der Waals surface area (Å²) in [6.07, 6.45) is 6.93. The summed E-state index contributed by atoms with van der Waals surface area (Å²) in [5, 5.41) is 9.62. The molecule has 6 heteroatoms. The molecule has 3 heterocycles. The molecule has 142 valence electrons. The molecule has 0 unspecified atom stereocenters. The molecule has 2 aromatic heterocycles. The van der Waals surface area contributed by atoms with E-state index in [1.807, 2.05) is 24.6 Å². The van der Waals surface area contributed by atoms with Gasteiger partial charge >= 0.3 is 0 Å². The van der Waals surface area contributed by atoms with Gasteiger partial charge < -0.3 is 5.32 Å². The molecule has 0 saturated carbocycles. The number of hydrogen-bond acceptors (Lipinski definition) is 4. The normalized spacial score (nSPS) is 18.2.